The van der Waals surface area contributed by atoms with E-state index in [2.05, 4.69) is 40.2 Å². The lowest BCUT2D eigenvalue weighted by Gasteiger charge is -2.05. The molecule has 0 saturated heterocycles. The van der Waals surface area contributed by atoms with E-state index in [9.17, 15) is 4.79 Å². The summed E-state index contributed by atoms with van der Waals surface area (Å²) in [6.07, 6.45) is 2.63. The van der Waals surface area contributed by atoms with Gasteiger partial charge in [-0.15, -0.1) is 0 Å². The molecule has 1 amide bonds. The van der Waals surface area contributed by atoms with Crippen molar-refractivity contribution < 1.29 is 4.79 Å². The SMILES string of the molecule is Cn1ncc(C(=O)NC2CC2(C)C)c1Br. The van der Waals surface area contributed by atoms with Crippen molar-refractivity contribution in [2.75, 3.05) is 0 Å². The van der Waals surface area contributed by atoms with Crippen LogP contribution in [-0.4, -0.2) is 21.7 Å². The van der Waals surface area contributed by atoms with Gasteiger partial charge in [-0.1, -0.05) is 13.8 Å². The summed E-state index contributed by atoms with van der Waals surface area (Å²) in [6.45, 7) is 4.30. The third-order valence-electron chi connectivity index (χ3n) is 2.93. The summed E-state index contributed by atoms with van der Waals surface area (Å²) < 4.78 is 2.35. The predicted octanol–water partition coefficient (Wildman–Crippen LogP) is 1.71. The number of hydrogen-bond acceptors (Lipinski definition) is 2. The van der Waals surface area contributed by atoms with Gasteiger partial charge in [-0.05, 0) is 27.8 Å². The monoisotopic (exact) mass is 271 g/mol. The van der Waals surface area contributed by atoms with E-state index < -0.39 is 0 Å². The highest BCUT2D eigenvalue weighted by molar-refractivity contribution is 9.10. The zero-order valence-electron chi connectivity index (χ0n) is 9.04. The van der Waals surface area contributed by atoms with Crippen LogP contribution < -0.4 is 5.32 Å². The summed E-state index contributed by atoms with van der Waals surface area (Å²) in [4.78, 5) is 11.8. The number of aromatic nitrogens is 2. The van der Waals surface area contributed by atoms with Crippen molar-refractivity contribution in [1.29, 1.82) is 0 Å². The molecule has 0 aromatic carbocycles. The van der Waals surface area contributed by atoms with Gasteiger partial charge in [0.05, 0.1) is 11.8 Å². The van der Waals surface area contributed by atoms with E-state index in [1.54, 1.807) is 17.9 Å². The Kier molecular flexibility index (Phi) is 2.37. The Morgan fingerprint density at radius 3 is 2.73 bits per heavy atom. The number of rotatable bonds is 2. The minimum atomic E-state index is -0.0504. The van der Waals surface area contributed by atoms with Gasteiger partial charge in [0.15, 0.2) is 0 Å². The van der Waals surface area contributed by atoms with Crippen molar-refractivity contribution >= 4 is 21.8 Å². The summed E-state index contributed by atoms with van der Waals surface area (Å²) in [7, 11) is 1.79. The summed E-state index contributed by atoms with van der Waals surface area (Å²) in [5.41, 5.74) is 0.852. The molecule has 0 aliphatic heterocycles. The molecule has 5 heteroatoms. The summed E-state index contributed by atoms with van der Waals surface area (Å²) in [5.74, 6) is -0.0504. The first kappa shape index (κ1) is 10.7. The zero-order chi connectivity index (χ0) is 11.2. The number of hydrogen-bond donors (Lipinski definition) is 1. The molecule has 15 heavy (non-hydrogen) atoms. The van der Waals surface area contributed by atoms with E-state index >= 15 is 0 Å². The fourth-order valence-corrected chi connectivity index (χ4v) is 1.90. The van der Waals surface area contributed by atoms with Crippen molar-refractivity contribution in [2.24, 2.45) is 12.5 Å². The maximum absolute atomic E-state index is 11.8. The Hall–Kier alpha value is -0.840. The molecule has 1 aromatic rings. The van der Waals surface area contributed by atoms with Crippen molar-refractivity contribution in [3.63, 3.8) is 0 Å². The van der Waals surface area contributed by atoms with Gasteiger partial charge in [-0.3, -0.25) is 9.48 Å². The number of halogens is 1. The molecule has 1 aromatic heterocycles. The molecule has 1 aliphatic carbocycles. The van der Waals surface area contributed by atoms with Crippen molar-refractivity contribution in [1.82, 2.24) is 15.1 Å². The minimum Gasteiger partial charge on any atom is -0.349 e. The number of aryl methyl sites for hydroxylation is 1. The van der Waals surface area contributed by atoms with Crippen LogP contribution >= 0.6 is 15.9 Å². The first-order valence-corrected chi connectivity index (χ1v) is 5.69. The van der Waals surface area contributed by atoms with E-state index in [0.717, 1.165) is 11.0 Å². The number of nitrogens with one attached hydrogen (secondary N) is 1. The van der Waals surface area contributed by atoms with Crippen LogP contribution in [0.4, 0.5) is 0 Å². The van der Waals surface area contributed by atoms with E-state index in [1.807, 2.05) is 0 Å². The van der Waals surface area contributed by atoms with Crippen LogP contribution in [0, 0.1) is 5.41 Å². The van der Waals surface area contributed by atoms with Crippen LogP contribution in [0.3, 0.4) is 0 Å². The Bertz CT molecular complexity index is 411. The predicted molar refractivity (Wildman–Crippen MR) is 60.6 cm³/mol. The van der Waals surface area contributed by atoms with Crippen LogP contribution in [0.2, 0.25) is 0 Å². The fraction of sp³-hybridized carbons (Fsp3) is 0.600. The van der Waals surface area contributed by atoms with E-state index in [0.29, 0.717) is 11.6 Å². The lowest BCUT2D eigenvalue weighted by Crippen LogP contribution is -2.28. The molecule has 1 fully saturated rings. The van der Waals surface area contributed by atoms with Gasteiger partial charge >= 0.3 is 0 Å². The summed E-state index contributed by atoms with van der Waals surface area (Å²) in [5, 5.41) is 7.00. The molecule has 1 N–H and O–H groups in total. The normalized spacial score (nSPS) is 22.5. The van der Waals surface area contributed by atoms with Crippen LogP contribution in [-0.2, 0) is 7.05 Å². The van der Waals surface area contributed by atoms with Crippen LogP contribution in [0.15, 0.2) is 10.8 Å². The van der Waals surface area contributed by atoms with Gasteiger partial charge in [-0.25, -0.2) is 0 Å². The molecule has 1 aliphatic rings. The maximum atomic E-state index is 11.8. The fourth-order valence-electron chi connectivity index (χ4n) is 1.52. The quantitative estimate of drug-likeness (QED) is 0.890. The molecule has 4 nitrogen and oxygen atoms in total. The molecule has 0 radical (unpaired) electrons. The molecule has 82 valence electrons. The topological polar surface area (TPSA) is 46.9 Å². The van der Waals surface area contributed by atoms with Gasteiger partial charge in [0.25, 0.3) is 5.91 Å². The third-order valence-corrected chi connectivity index (χ3v) is 3.87. The highest BCUT2D eigenvalue weighted by atomic mass is 79.9. The van der Waals surface area contributed by atoms with Gasteiger partial charge in [-0.2, -0.15) is 5.10 Å². The number of carbonyl (C=O) groups is 1. The maximum Gasteiger partial charge on any atom is 0.255 e. The second kappa shape index (κ2) is 3.33. The van der Waals surface area contributed by atoms with Gasteiger partial charge in [0, 0.05) is 13.1 Å². The van der Waals surface area contributed by atoms with Gasteiger partial charge < -0.3 is 5.32 Å². The summed E-state index contributed by atoms with van der Waals surface area (Å²) in [6, 6.07) is 0.303. The average molecular weight is 272 g/mol. The Morgan fingerprint density at radius 2 is 2.33 bits per heavy atom. The zero-order valence-corrected chi connectivity index (χ0v) is 10.6. The standard InChI is InChI=1S/C10H14BrN3O/c1-10(2)4-7(10)13-9(15)6-5-12-14(3)8(6)11/h5,7H,4H2,1-3H3,(H,13,15). The van der Waals surface area contributed by atoms with Crippen LogP contribution in [0.5, 0.6) is 0 Å². The van der Waals surface area contributed by atoms with Crippen molar-refractivity contribution in [3.8, 4) is 0 Å². The molecule has 0 spiro atoms. The smallest absolute Gasteiger partial charge is 0.255 e. The first-order chi connectivity index (χ1) is 6.92. The lowest BCUT2D eigenvalue weighted by molar-refractivity contribution is 0.0945. The second-order valence-electron chi connectivity index (χ2n) is 4.69. The van der Waals surface area contributed by atoms with Crippen molar-refractivity contribution in [3.05, 3.63) is 16.4 Å². The van der Waals surface area contributed by atoms with E-state index in [1.165, 1.54) is 0 Å². The Balaban J connectivity index is 2.06. The Morgan fingerprint density at radius 1 is 1.73 bits per heavy atom. The molecule has 0 bridgehead atoms. The molecule has 1 atom stereocenters. The van der Waals surface area contributed by atoms with Gasteiger partial charge in [0.1, 0.15) is 4.60 Å². The largest absolute Gasteiger partial charge is 0.349 e. The number of carbonyl (C=O) groups excluding carboxylic acids is 1. The number of amides is 1. The average Bonchev–Trinajstić information content (AvgIpc) is 2.57. The molecular weight excluding hydrogens is 258 g/mol. The lowest BCUT2D eigenvalue weighted by atomic mass is 10.2. The molecule has 1 unspecified atom stereocenters. The van der Waals surface area contributed by atoms with E-state index in [4.69, 9.17) is 0 Å². The minimum absolute atomic E-state index is 0.0504. The molecule has 1 saturated carbocycles. The van der Waals surface area contributed by atoms with Gasteiger partial charge in [0.2, 0.25) is 0 Å². The molecular formula is C10H14BrN3O. The number of nitrogens with zero attached hydrogens (tertiary/aromatic N) is 2. The Labute approximate surface area is 97.2 Å². The highest BCUT2D eigenvalue weighted by Gasteiger charge is 2.46. The van der Waals surface area contributed by atoms with Crippen molar-refractivity contribution in [2.45, 2.75) is 26.3 Å². The molecule has 2 rings (SSSR count). The molecule has 1 heterocycles. The summed E-state index contributed by atoms with van der Waals surface area (Å²) >= 11 is 3.33. The first-order valence-electron chi connectivity index (χ1n) is 4.90. The second-order valence-corrected chi connectivity index (χ2v) is 5.44. The van der Waals surface area contributed by atoms with E-state index in [-0.39, 0.29) is 11.3 Å². The van der Waals surface area contributed by atoms with Crippen LogP contribution in [0.25, 0.3) is 0 Å². The highest BCUT2D eigenvalue weighted by Crippen LogP contribution is 2.44. The third kappa shape index (κ3) is 1.93. The van der Waals surface area contributed by atoms with Crippen LogP contribution in [0.1, 0.15) is 30.6 Å².